The van der Waals surface area contributed by atoms with Gasteiger partial charge in [0, 0.05) is 43.7 Å². The summed E-state index contributed by atoms with van der Waals surface area (Å²) in [4.78, 5) is 27.1. The van der Waals surface area contributed by atoms with E-state index >= 15 is 0 Å². The van der Waals surface area contributed by atoms with Gasteiger partial charge in [0.2, 0.25) is 15.9 Å². The Morgan fingerprint density at radius 2 is 1.89 bits per heavy atom. The molecule has 1 amide bonds. The van der Waals surface area contributed by atoms with E-state index in [1.165, 1.54) is 36.2 Å². The average Bonchev–Trinajstić information content (AvgIpc) is 3.67. The molecule has 2 aliphatic heterocycles. The zero-order valence-electron chi connectivity index (χ0n) is 25.3. The number of hydrogen-bond acceptors (Lipinski definition) is 6. The molecule has 234 valence electrons. The van der Waals surface area contributed by atoms with Crippen molar-refractivity contribution in [2.24, 2.45) is 0 Å². The predicted molar refractivity (Wildman–Crippen MR) is 165 cm³/mol. The highest BCUT2D eigenvalue weighted by Gasteiger charge is 2.49. The third kappa shape index (κ3) is 4.71. The molecule has 1 aromatic heterocycles. The number of benzene rings is 1. The van der Waals surface area contributed by atoms with E-state index in [0.29, 0.717) is 50.1 Å². The number of hydrogen-bond donors (Lipinski definition) is 1. The van der Waals surface area contributed by atoms with Crippen molar-refractivity contribution in [1.29, 1.82) is 0 Å². The highest BCUT2D eigenvalue weighted by Crippen LogP contribution is 2.54. The van der Waals surface area contributed by atoms with Crippen LogP contribution in [0.2, 0.25) is 0 Å². The van der Waals surface area contributed by atoms with Crippen LogP contribution in [0.5, 0.6) is 5.75 Å². The largest absolute Gasteiger partial charge is 0.496 e. The average molecular weight is 622 g/mol. The number of allylic oxidation sites excluding steroid dienone is 4. The first-order chi connectivity index (χ1) is 21.2. The van der Waals surface area contributed by atoms with Crippen LogP contribution in [0.3, 0.4) is 0 Å². The first-order valence-corrected chi connectivity index (χ1v) is 17.1. The van der Waals surface area contributed by atoms with Gasteiger partial charge in [-0.25, -0.2) is 13.2 Å². The molecule has 7 rings (SSSR count). The lowest BCUT2D eigenvalue weighted by Crippen LogP contribution is -2.48. The second-order valence-corrected chi connectivity index (χ2v) is 14.8. The molecule has 11 heteroatoms. The number of carbonyl (C=O) groups excluding carboxylic acids is 1. The van der Waals surface area contributed by atoms with Crippen LogP contribution in [-0.4, -0.2) is 91.4 Å². The van der Waals surface area contributed by atoms with E-state index in [2.05, 4.69) is 16.7 Å². The molecule has 0 spiro atoms. The number of carboxylic acid groups (broad SMARTS) is 1. The van der Waals surface area contributed by atoms with Crippen molar-refractivity contribution >= 4 is 32.8 Å². The molecule has 10 nitrogen and oxygen atoms in total. The molecular weight excluding hydrogens is 582 g/mol. The summed E-state index contributed by atoms with van der Waals surface area (Å²) in [7, 11) is -0.879. The van der Waals surface area contributed by atoms with Gasteiger partial charge in [0.15, 0.2) is 0 Å². The van der Waals surface area contributed by atoms with Gasteiger partial charge >= 0.3 is 5.97 Å². The summed E-state index contributed by atoms with van der Waals surface area (Å²) in [6, 6.07) is 6.22. The maximum Gasteiger partial charge on any atom is 0.336 e. The number of fused-ring (bicyclic) bond motifs is 6. The van der Waals surface area contributed by atoms with E-state index in [0.717, 1.165) is 40.6 Å². The number of likely N-dealkylation sites (N-methyl/N-ethyl adjacent to an activating group) is 1. The Morgan fingerprint density at radius 1 is 1.14 bits per heavy atom. The minimum Gasteiger partial charge on any atom is -0.496 e. The molecule has 1 aromatic carbocycles. The molecule has 2 fully saturated rings. The molecule has 44 heavy (non-hydrogen) atoms. The summed E-state index contributed by atoms with van der Waals surface area (Å²) in [5.41, 5.74) is 5.52. The number of carboxylic acids is 1. The summed E-state index contributed by atoms with van der Waals surface area (Å²) in [5, 5.41) is 10.2. The van der Waals surface area contributed by atoms with Crippen molar-refractivity contribution in [1.82, 2.24) is 13.8 Å². The van der Waals surface area contributed by atoms with Crippen LogP contribution >= 0.6 is 0 Å². The normalized spacial score (nSPS) is 23.8. The fourth-order valence-electron chi connectivity index (χ4n) is 7.92. The highest BCUT2D eigenvalue weighted by molar-refractivity contribution is 7.89. The lowest BCUT2D eigenvalue weighted by molar-refractivity contribution is -0.135. The fraction of sp³-hybridized carbons (Fsp3) is 0.515. The minimum atomic E-state index is -3.99. The van der Waals surface area contributed by atoms with Crippen LogP contribution in [0.1, 0.15) is 61.6 Å². The number of amides is 1. The standard InChI is InChI=1S/C33H39N3O7S/c1-34(19-28(37)35-13-15-43-16-14-35)44(40,41)27-10-6-9-22-29-24(31(29)33(38)39)18-36-25(30(22)27)17-23-26(42-2)12-11-21(32(23)36)20-7-4-3-5-8-20/h6,9,11-12,17,20,27,30H,3-5,7-8,10,13-16,18-19H2,1-2H3,(H,38,39)/t27-,30?/m1/s1. The van der Waals surface area contributed by atoms with Gasteiger partial charge in [-0.15, -0.1) is 0 Å². The number of rotatable bonds is 7. The molecule has 1 unspecified atom stereocenters. The maximum atomic E-state index is 14.4. The van der Waals surface area contributed by atoms with E-state index in [1.807, 2.05) is 18.2 Å². The van der Waals surface area contributed by atoms with Crippen LogP contribution in [0.25, 0.3) is 10.9 Å². The first-order valence-electron chi connectivity index (χ1n) is 15.6. The lowest BCUT2D eigenvalue weighted by atomic mass is 9.83. The van der Waals surface area contributed by atoms with Crippen LogP contribution in [-0.2, 0) is 30.9 Å². The summed E-state index contributed by atoms with van der Waals surface area (Å²) < 4.78 is 43.3. The number of carbonyl (C=O) groups is 2. The number of aliphatic carboxylic acids is 1. The summed E-state index contributed by atoms with van der Waals surface area (Å²) in [5.74, 6) is -0.750. The third-order valence-corrected chi connectivity index (χ3v) is 12.4. The number of aromatic nitrogens is 1. The van der Waals surface area contributed by atoms with Crippen LogP contribution in [0, 0.1) is 0 Å². The molecule has 2 atom stereocenters. The second kappa shape index (κ2) is 11.2. The molecule has 3 heterocycles. The molecule has 5 aliphatic rings. The Labute approximate surface area is 257 Å². The van der Waals surface area contributed by atoms with Gasteiger partial charge in [-0.05, 0) is 59.6 Å². The van der Waals surface area contributed by atoms with Gasteiger partial charge in [-0.2, -0.15) is 4.31 Å². The lowest BCUT2D eigenvalue weighted by Gasteiger charge is -2.34. The van der Waals surface area contributed by atoms with E-state index in [-0.39, 0.29) is 24.4 Å². The van der Waals surface area contributed by atoms with Crippen LogP contribution in [0.4, 0.5) is 0 Å². The SMILES string of the molecule is COc1ccc(C2CCCCC2)c2c1cc1n2CC2=C(C(=O)O)C2=C2C=CC[C@@H](S(=O)(=O)N(C)CC(=O)N3CCOCC3)C21. The van der Waals surface area contributed by atoms with Gasteiger partial charge < -0.3 is 24.0 Å². The zero-order chi connectivity index (χ0) is 30.7. The highest BCUT2D eigenvalue weighted by atomic mass is 32.2. The maximum absolute atomic E-state index is 14.4. The number of nitrogens with zero attached hydrogens (tertiary/aromatic N) is 3. The third-order valence-electron chi connectivity index (χ3n) is 10.2. The van der Waals surface area contributed by atoms with Gasteiger partial charge in [-0.1, -0.05) is 37.5 Å². The Bertz CT molecular complexity index is 1740. The molecule has 3 aliphatic carbocycles. The van der Waals surface area contributed by atoms with Crippen molar-refractivity contribution in [3.8, 4) is 5.75 Å². The number of ether oxygens (including phenoxy) is 2. The van der Waals surface area contributed by atoms with E-state index < -0.39 is 27.2 Å². The molecule has 0 bridgehead atoms. The second-order valence-electron chi connectivity index (χ2n) is 12.5. The van der Waals surface area contributed by atoms with Gasteiger partial charge in [0.05, 0.1) is 43.2 Å². The van der Waals surface area contributed by atoms with Crippen LogP contribution < -0.4 is 4.74 Å². The van der Waals surface area contributed by atoms with E-state index in [1.54, 1.807) is 12.0 Å². The summed E-state index contributed by atoms with van der Waals surface area (Å²) in [6.07, 6.45) is 9.73. The molecule has 2 aromatic rings. The van der Waals surface area contributed by atoms with Crippen LogP contribution in [0.15, 0.2) is 52.6 Å². The minimum absolute atomic E-state index is 0.250. The smallest absolute Gasteiger partial charge is 0.336 e. The van der Waals surface area contributed by atoms with Gasteiger partial charge in [0.25, 0.3) is 0 Å². The van der Waals surface area contributed by atoms with E-state index in [4.69, 9.17) is 9.47 Å². The Morgan fingerprint density at radius 3 is 2.59 bits per heavy atom. The molecule has 0 radical (unpaired) electrons. The molecule has 1 N–H and O–H groups in total. The Hall–Kier alpha value is -3.41. The summed E-state index contributed by atoms with van der Waals surface area (Å²) >= 11 is 0. The Kier molecular flexibility index (Phi) is 7.45. The topological polar surface area (TPSA) is 118 Å². The van der Waals surface area contributed by atoms with Crippen molar-refractivity contribution in [2.45, 2.75) is 62.2 Å². The Balaban J connectivity index is 1.36. The van der Waals surface area contributed by atoms with Crippen molar-refractivity contribution < 1.29 is 32.6 Å². The quantitative estimate of drug-likeness (QED) is 0.498. The number of morpholine rings is 1. The van der Waals surface area contributed by atoms with Crippen molar-refractivity contribution in [2.75, 3.05) is 47.0 Å². The van der Waals surface area contributed by atoms with Gasteiger partial charge in [0.1, 0.15) is 5.75 Å². The summed E-state index contributed by atoms with van der Waals surface area (Å²) in [6.45, 7) is 1.87. The predicted octanol–water partition coefficient (Wildman–Crippen LogP) is 3.94. The van der Waals surface area contributed by atoms with Crippen molar-refractivity contribution in [3.63, 3.8) is 0 Å². The number of methoxy groups -OCH3 is 1. The van der Waals surface area contributed by atoms with Crippen molar-refractivity contribution in [3.05, 3.63) is 63.9 Å². The van der Waals surface area contributed by atoms with Gasteiger partial charge in [-0.3, -0.25) is 4.79 Å². The molecule has 1 saturated carbocycles. The van der Waals surface area contributed by atoms with E-state index in [9.17, 15) is 23.1 Å². The first kappa shape index (κ1) is 29.3. The monoisotopic (exact) mass is 621 g/mol. The molecule has 1 saturated heterocycles. The fourth-order valence-corrected chi connectivity index (χ4v) is 9.66. The number of sulfonamides is 1. The zero-order valence-corrected chi connectivity index (χ0v) is 26.1. The molecular formula is C33H39N3O7S.